The lowest BCUT2D eigenvalue weighted by Crippen LogP contribution is -2.28. The molecule has 3 nitrogen and oxygen atoms in total. The zero-order chi connectivity index (χ0) is 12.0. The summed E-state index contributed by atoms with van der Waals surface area (Å²) in [5.74, 6) is 0.618. The highest BCUT2D eigenvalue weighted by molar-refractivity contribution is 5.85. The van der Waals surface area contributed by atoms with E-state index in [0.29, 0.717) is 12.5 Å². The molecule has 1 aliphatic heterocycles. The van der Waals surface area contributed by atoms with Crippen LogP contribution in [0, 0.1) is 5.92 Å². The third-order valence-electron chi connectivity index (χ3n) is 2.68. The van der Waals surface area contributed by atoms with E-state index in [9.17, 15) is 13.2 Å². The molecule has 1 fully saturated rings. The molecule has 0 aromatic heterocycles. The molecule has 0 aliphatic carbocycles. The first-order valence-corrected chi connectivity index (χ1v) is 5.52. The number of nitrogens with one attached hydrogen (secondary N) is 1. The maximum atomic E-state index is 11.8. The van der Waals surface area contributed by atoms with Gasteiger partial charge in [-0.1, -0.05) is 0 Å². The monoisotopic (exact) mass is 276 g/mol. The van der Waals surface area contributed by atoms with Gasteiger partial charge in [0.2, 0.25) is 0 Å². The van der Waals surface area contributed by atoms with Gasteiger partial charge in [0, 0.05) is 13.1 Å². The van der Waals surface area contributed by atoms with E-state index in [1.807, 2.05) is 7.05 Å². The number of rotatable bonds is 6. The summed E-state index contributed by atoms with van der Waals surface area (Å²) in [6.45, 7) is 2.50. The third-order valence-corrected chi connectivity index (χ3v) is 2.68. The summed E-state index contributed by atoms with van der Waals surface area (Å²) in [7, 11) is 1.91. The summed E-state index contributed by atoms with van der Waals surface area (Å²) in [6, 6.07) is 0. The number of halogens is 4. The molecule has 104 valence electrons. The van der Waals surface area contributed by atoms with E-state index >= 15 is 0 Å². The average Bonchev–Trinajstić information content (AvgIpc) is 2.60. The highest BCUT2D eigenvalue weighted by atomic mass is 35.5. The van der Waals surface area contributed by atoms with Crippen molar-refractivity contribution in [2.75, 3.05) is 46.4 Å². The van der Waals surface area contributed by atoms with Crippen LogP contribution in [-0.2, 0) is 4.74 Å². The molecule has 0 aromatic rings. The van der Waals surface area contributed by atoms with E-state index < -0.39 is 12.8 Å². The molecule has 1 heterocycles. The summed E-state index contributed by atoms with van der Waals surface area (Å²) in [4.78, 5) is 2.15. The Bertz CT molecular complexity index is 204. The molecule has 1 N–H and O–H groups in total. The second-order valence-corrected chi connectivity index (χ2v) is 4.18. The van der Waals surface area contributed by atoms with Crippen molar-refractivity contribution in [3.63, 3.8) is 0 Å². The molecule has 0 bridgehead atoms. The summed E-state index contributed by atoms with van der Waals surface area (Å²) >= 11 is 0. The van der Waals surface area contributed by atoms with Crippen LogP contribution in [0.3, 0.4) is 0 Å². The zero-order valence-corrected chi connectivity index (χ0v) is 10.7. The highest BCUT2D eigenvalue weighted by Crippen LogP contribution is 2.16. The third kappa shape index (κ3) is 7.81. The van der Waals surface area contributed by atoms with Crippen molar-refractivity contribution in [1.82, 2.24) is 10.2 Å². The minimum atomic E-state index is -4.21. The van der Waals surface area contributed by atoms with Gasteiger partial charge >= 0.3 is 6.18 Å². The minimum absolute atomic E-state index is 0. The second-order valence-electron chi connectivity index (χ2n) is 4.18. The van der Waals surface area contributed by atoms with Crippen LogP contribution in [0.1, 0.15) is 6.42 Å². The van der Waals surface area contributed by atoms with Gasteiger partial charge in [0.15, 0.2) is 0 Å². The molecule has 7 heteroatoms. The van der Waals surface area contributed by atoms with E-state index in [1.54, 1.807) is 0 Å². The minimum Gasteiger partial charge on any atom is -0.371 e. The molecule has 0 amide bonds. The number of likely N-dealkylation sites (tertiary alicyclic amines) is 1. The van der Waals surface area contributed by atoms with Gasteiger partial charge in [-0.25, -0.2) is 0 Å². The van der Waals surface area contributed by atoms with Crippen LogP contribution in [0.4, 0.5) is 13.2 Å². The van der Waals surface area contributed by atoms with Crippen LogP contribution in [0.25, 0.3) is 0 Å². The lowest BCUT2D eigenvalue weighted by atomic mass is 10.1. The van der Waals surface area contributed by atoms with Crippen LogP contribution in [0.2, 0.25) is 0 Å². The van der Waals surface area contributed by atoms with E-state index in [2.05, 4.69) is 15.0 Å². The predicted octanol–water partition coefficient (Wildman–Crippen LogP) is 1.53. The standard InChI is InChI=1S/C10H19F3N2O.ClH/c1-14-6-9-2-3-15(7-9)4-5-16-8-10(11,12)13;/h9,14H,2-8H2,1H3;1H. The van der Waals surface area contributed by atoms with Crippen LogP contribution >= 0.6 is 12.4 Å². The molecule has 1 atom stereocenters. The fourth-order valence-electron chi connectivity index (χ4n) is 1.95. The maximum Gasteiger partial charge on any atom is 0.411 e. The van der Waals surface area contributed by atoms with E-state index in [1.165, 1.54) is 0 Å². The van der Waals surface area contributed by atoms with Crippen molar-refractivity contribution < 1.29 is 17.9 Å². The fourth-order valence-corrected chi connectivity index (χ4v) is 1.95. The largest absolute Gasteiger partial charge is 0.411 e. The van der Waals surface area contributed by atoms with E-state index in [-0.39, 0.29) is 19.0 Å². The van der Waals surface area contributed by atoms with Crippen molar-refractivity contribution in [2.24, 2.45) is 5.92 Å². The Hall–Kier alpha value is -0.0400. The summed E-state index contributed by atoms with van der Waals surface area (Å²) in [5, 5.41) is 3.11. The Morgan fingerprint density at radius 3 is 2.71 bits per heavy atom. The zero-order valence-electron chi connectivity index (χ0n) is 9.92. The molecule has 0 radical (unpaired) electrons. The van der Waals surface area contributed by atoms with Gasteiger partial charge in [-0.3, -0.25) is 0 Å². The first-order valence-electron chi connectivity index (χ1n) is 5.52. The molecule has 0 aromatic carbocycles. The van der Waals surface area contributed by atoms with Gasteiger partial charge in [-0.05, 0) is 32.5 Å². The highest BCUT2D eigenvalue weighted by Gasteiger charge is 2.27. The number of ether oxygens (including phenoxy) is 1. The van der Waals surface area contributed by atoms with Gasteiger partial charge in [-0.15, -0.1) is 12.4 Å². The average molecular weight is 277 g/mol. The summed E-state index contributed by atoms with van der Waals surface area (Å²) in [5.41, 5.74) is 0. The topological polar surface area (TPSA) is 24.5 Å². The normalized spacial score (nSPS) is 21.5. The lowest BCUT2D eigenvalue weighted by molar-refractivity contribution is -0.174. The fraction of sp³-hybridized carbons (Fsp3) is 1.00. The van der Waals surface area contributed by atoms with Crippen LogP contribution in [0.5, 0.6) is 0 Å². The molecular formula is C10H20ClF3N2O. The van der Waals surface area contributed by atoms with Crippen molar-refractivity contribution >= 4 is 12.4 Å². The maximum absolute atomic E-state index is 11.8. The van der Waals surface area contributed by atoms with Gasteiger partial charge in [-0.2, -0.15) is 13.2 Å². The van der Waals surface area contributed by atoms with Crippen molar-refractivity contribution in [3.8, 4) is 0 Å². The number of hydrogen-bond donors (Lipinski definition) is 1. The molecule has 17 heavy (non-hydrogen) atoms. The molecule has 1 rings (SSSR count). The molecule has 1 saturated heterocycles. The van der Waals surface area contributed by atoms with Crippen LogP contribution in [-0.4, -0.2) is 57.5 Å². The van der Waals surface area contributed by atoms with Crippen molar-refractivity contribution in [3.05, 3.63) is 0 Å². The second kappa shape index (κ2) is 8.13. The Balaban J connectivity index is 0.00000256. The molecule has 0 spiro atoms. The number of alkyl halides is 3. The van der Waals surface area contributed by atoms with Gasteiger partial charge < -0.3 is 15.0 Å². The molecular weight excluding hydrogens is 257 g/mol. The lowest BCUT2D eigenvalue weighted by Gasteiger charge is -2.16. The first kappa shape index (κ1) is 17.0. The predicted molar refractivity (Wildman–Crippen MR) is 62.6 cm³/mol. The van der Waals surface area contributed by atoms with Crippen LogP contribution < -0.4 is 5.32 Å². The Morgan fingerprint density at radius 1 is 1.41 bits per heavy atom. The smallest absolute Gasteiger partial charge is 0.371 e. The quantitative estimate of drug-likeness (QED) is 0.745. The number of hydrogen-bond acceptors (Lipinski definition) is 3. The first-order chi connectivity index (χ1) is 7.51. The summed E-state index contributed by atoms with van der Waals surface area (Å²) in [6.07, 6.45) is -3.10. The van der Waals surface area contributed by atoms with E-state index in [0.717, 1.165) is 26.1 Å². The Morgan fingerprint density at radius 2 is 2.12 bits per heavy atom. The molecule has 1 unspecified atom stereocenters. The molecule has 0 saturated carbocycles. The van der Waals surface area contributed by atoms with Crippen molar-refractivity contribution in [1.29, 1.82) is 0 Å². The van der Waals surface area contributed by atoms with Crippen molar-refractivity contribution in [2.45, 2.75) is 12.6 Å². The van der Waals surface area contributed by atoms with E-state index in [4.69, 9.17) is 0 Å². The molecule has 1 aliphatic rings. The van der Waals surface area contributed by atoms with Gasteiger partial charge in [0.05, 0.1) is 6.61 Å². The Kier molecular flexibility index (Phi) is 8.11. The van der Waals surface area contributed by atoms with Crippen LogP contribution in [0.15, 0.2) is 0 Å². The number of nitrogens with zero attached hydrogens (tertiary/aromatic N) is 1. The van der Waals surface area contributed by atoms with Gasteiger partial charge in [0.25, 0.3) is 0 Å². The van der Waals surface area contributed by atoms with Gasteiger partial charge in [0.1, 0.15) is 6.61 Å². The Labute approximate surface area is 106 Å². The summed E-state index contributed by atoms with van der Waals surface area (Å²) < 4.78 is 39.9. The SMILES string of the molecule is CNCC1CCN(CCOCC(F)(F)F)C1.Cl.